The van der Waals surface area contributed by atoms with Crippen LogP contribution >= 0.6 is 0 Å². The Morgan fingerprint density at radius 1 is 1.09 bits per heavy atom. The van der Waals surface area contributed by atoms with Gasteiger partial charge in [0.25, 0.3) is 0 Å². The zero-order valence-electron chi connectivity index (χ0n) is 18.7. The molecule has 7 nitrogen and oxygen atoms in total. The van der Waals surface area contributed by atoms with Crippen LogP contribution in [0.2, 0.25) is 0 Å². The molecule has 3 heterocycles. The van der Waals surface area contributed by atoms with Gasteiger partial charge in [0.2, 0.25) is 11.8 Å². The standard InChI is InChI=1S/C25H28N4O3/c1-27(2)12-13-28-15-22(30)29-21(25(28)31)14-19-18-6-4-5-7-20(18)26-23(19)24(29)16-8-10-17(32-3)11-9-16/h4-11,21,24,26H,12-15H2,1-3H3/t21-,24+/m1/s1. The molecule has 2 aliphatic rings. The highest BCUT2D eigenvalue weighted by molar-refractivity contribution is 5.97. The zero-order valence-corrected chi connectivity index (χ0v) is 18.7. The van der Waals surface area contributed by atoms with Crippen LogP contribution in [0.5, 0.6) is 5.75 Å². The van der Waals surface area contributed by atoms with E-state index in [1.54, 1.807) is 16.9 Å². The molecule has 1 saturated heterocycles. The number of fused-ring (bicyclic) bond motifs is 4. The number of aromatic amines is 1. The van der Waals surface area contributed by atoms with Crippen molar-refractivity contribution in [3.05, 3.63) is 65.4 Å². The molecule has 1 fully saturated rings. The highest BCUT2D eigenvalue weighted by atomic mass is 16.5. The summed E-state index contributed by atoms with van der Waals surface area (Å²) in [5.41, 5.74) is 4.11. The SMILES string of the molecule is COc1ccc([C@H]2c3[nH]c4ccccc4c3C[C@@H]3C(=O)N(CCN(C)C)CC(=O)N23)cc1. The van der Waals surface area contributed by atoms with E-state index in [0.717, 1.165) is 40.0 Å². The van der Waals surface area contributed by atoms with Gasteiger partial charge >= 0.3 is 0 Å². The highest BCUT2D eigenvalue weighted by Crippen LogP contribution is 2.42. The van der Waals surface area contributed by atoms with Gasteiger partial charge in [0.05, 0.1) is 19.7 Å². The predicted molar refractivity (Wildman–Crippen MR) is 123 cm³/mol. The lowest BCUT2D eigenvalue weighted by Crippen LogP contribution is -2.63. The van der Waals surface area contributed by atoms with Gasteiger partial charge in [-0.2, -0.15) is 0 Å². The molecule has 3 aromatic rings. The smallest absolute Gasteiger partial charge is 0.246 e. The van der Waals surface area contributed by atoms with E-state index in [0.29, 0.717) is 13.0 Å². The maximum absolute atomic E-state index is 13.5. The number of carbonyl (C=O) groups is 2. The number of likely N-dealkylation sites (N-methyl/N-ethyl adjacent to an activating group) is 1. The molecule has 2 aromatic carbocycles. The molecule has 0 unspecified atom stereocenters. The molecule has 0 saturated carbocycles. The number of hydrogen-bond donors (Lipinski definition) is 1. The van der Waals surface area contributed by atoms with E-state index < -0.39 is 6.04 Å². The fraction of sp³-hybridized carbons (Fsp3) is 0.360. The van der Waals surface area contributed by atoms with Gasteiger partial charge in [0, 0.05) is 36.1 Å². The first-order valence-corrected chi connectivity index (χ1v) is 11.0. The quantitative estimate of drug-likeness (QED) is 0.672. The van der Waals surface area contributed by atoms with Crippen molar-refractivity contribution in [2.24, 2.45) is 0 Å². The van der Waals surface area contributed by atoms with E-state index in [2.05, 4.69) is 11.1 Å². The Balaban J connectivity index is 1.62. The van der Waals surface area contributed by atoms with Crippen LogP contribution in [0, 0.1) is 0 Å². The Hall–Kier alpha value is -3.32. The van der Waals surface area contributed by atoms with Crippen molar-refractivity contribution in [1.29, 1.82) is 0 Å². The van der Waals surface area contributed by atoms with Crippen molar-refractivity contribution in [3.63, 3.8) is 0 Å². The van der Waals surface area contributed by atoms with E-state index in [-0.39, 0.29) is 24.4 Å². The Bertz CT molecular complexity index is 1170. The second-order valence-corrected chi connectivity index (χ2v) is 8.82. The van der Waals surface area contributed by atoms with Crippen molar-refractivity contribution >= 4 is 22.7 Å². The first-order valence-electron chi connectivity index (χ1n) is 11.0. The van der Waals surface area contributed by atoms with Gasteiger partial charge in [-0.05, 0) is 43.4 Å². The maximum Gasteiger partial charge on any atom is 0.246 e. The van der Waals surface area contributed by atoms with Gasteiger partial charge in [0.15, 0.2) is 0 Å². The number of para-hydroxylation sites is 1. The topological polar surface area (TPSA) is 68.9 Å². The summed E-state index contributed by atoms with van der Waals surface area (Å²) in [7, 11) is 5.58. The summed E-state index contributed by atoms with van der Waals surface area (Å²) >= 11 is 0. The second kappa shape index (κ2) is 7.98. The molecule has 32 heavy (non-hydrogen) atoms. The molecule has 2 amide bonds. The van der Waals surface area contributed by atoms with Crippen LogP contribution in [0.15, 0.2) is 48.5 Å². The molecule has 166 valence electrons. The molecule has 2 atom stereocenters. The lowest BCUT2D eigenvalue weighted by Gasteiger charge is -2.47. The van der Waals surface area contributed by atoms with Crippen molar-refractivity contribution in [3.8, 4) is 5.75 Å². The van der Waals surface area contributed by atoms with Gasteiger partial charge in [-0.15, -0.1) is 0 Å². The largest absolute Gasteiger partial charge is 0.497 e. The number of hydrogen-bond acceptors (Lipinski definition) is 4. The van der Waals surface area contributed by atoms with Gasteiger partial charge in [-0.25, -0.2) is 0 Å². The summed E-state index contributed by atoms with van der Waals surface area (Å²) in [6.45, 7) is 1.40. The number of aromatic nitrogens is 1. The number of H-pyrrole nitrogens is 1. The monoisotopic (exact) mass is 432 g/mol. The summed E-state index contributed by atoms with van der Waals surface area (Å²) in [4.78, 5) is 36.1. The molecule has 2 aliphatic heterocycles. The minimum absolute atomic E-state index is 0.0153. The third kappa shape index (κ3) is 3.33. The summed E-state index contributed by atoms with van der Waals surface area (Å²) in [5, 5.41) is 1.12. The highest BCUT2D eigenvalue weighted by Gasteiger charge is 2.48. The summed E-state index contributed by atoms with van der Waals surface area (Å²) in [6.07, 6.45) is 0.523. The van der Waals surface area contributed by atoms with Crippen molar-refractivity contribution in [1.82, 2.24) is 19.7 Å². The van der Waals surface area contributed by atoms with Gasteiger partial charge in [-0.1, -0.05) is 30.3 Å². The van der Waals surface area contributed by atoms with Crippen molar-refractivity contribution in [2.45, 2.75) is 18.5 Å². The fourth-order valence-electron chi connectivity index (χ4n) is 4.97. The molecule has 7 heteroatoms. The number of nitrogens with one attached hydrogen (secondary N) is 1. The van der Waals surface area contributed by atoms with Crippen LogP contribution in [0.4, 0.5) is 0 Å². The average molecular weight is 433 g/mol. The molecular formula is C25H28N4O3. The third-order valence-corrected chi connectivity index (χ3v) is 6.59. The van der Waals surface area contributed by atoms with Crippen LogP contribution in [0.25, 0.3) is 10.9 Å². The van der Waals surface area contributed by atoms with Crippen LogP contribution < -0.4 is 4.74 Å². The fourth-order valence-corrected chi connectivity index (χ4v) is 4.97. The zero-order chi connectivity index (χ0) is 22.4. The summed E-state index contributed by atoms with van der Waals surface area (Å²) < 4.78 is 5.33. The normalized spacial score (nSPS) is 20.6. The molecule has 0 radical (unpaired) electrons. The summed E-state index contributed by atoms with van der Waals surface area (Å²) in [6, 6.07) is 15.1. The maximum atomic E-state index is 13.5. The number of carbonyl (C=O) groups excluding carboxylic acids is 2. The predicted octanol–water partition coefficient (Wildman–Crippen LogP) is 2.42. The Kier molecular flexibility index (Phi) is 5.13. The average Bonchev–Trinajstić information content (AvgIpc) is 3.17. The lowest BCUT2D eigenvalue weighted by atomic mass is 9.86. The molecule has 0 aliphatic carbocycles. The molecule has 1 aromatic heterocycles. The van der Waals surface area contributed by atoms with Crippen LogP contribution in [0.1, 0.15) is 22.9 Å². The molecule has 0 spiro atoms. The van der Waals surface area contributed by atoms with E-state index in [9.17, 15) is 9.59 Å². The number of nitrogens with zero attached hydrogens (tertiary/aromatic N) is 3. The minimum Gasteiger partial charge on any atom is -0.497 e. The van der Waals surface area contributed by atoms with Crippen molar-refractivity contribution < 1.29 is 14.3 Å². The first kappa shape index (κ1) is 20.6. The molecular weight excluding hydrogens is 404 g/mol. The number of methoxy groups -OCH3 is 1. The lowest BCUT2D eigenvalue weighted by molar-refractivity contribution is -0.158. The van der Waals surface area contributed by atoms with Crippen molar-refractivity contribution in [2.75, 3.05) is 40.8 Å². The Morgan fingerprint density at radius 3 is 2.56 bits per heavy atom. The number of ether oxygens (including phenoxy) is 1. The Morgan fingerprint density at radius 2 is 1.84 bits per heavy atom. The van der Waals surface area contributed by atoms with E-state index in [4.69, 9.17) is 4.74 Å². The van der Waals surface area contributed by atoms with E-state index >= 15 is 0 Å². The van der Waals surface area contributed by atoms with E-state index in [1.807, 2.05) is 61.5 Å². The molecule has 0 bridgehead atoms. The van der Waals surface area contributed by atoms with Gasteiger partial charge < -0.3 is 24.4 Å². The van der Waals surface area contributed by atoms with Crippen LogP contribution in [0.3, 0.4) is 0 Å². The Labute approximate surface area is 187 Å². The molecule has 5 rings (SSSR count). The number of benzene rings is 2. The summed E-state index contributed by atoms with van der Waals surface area (Å²) in [5.74, 6) is 0.772. The first-order chi connectivity index (χ1) is 15.5. The number of piperazine rings is 1. The van der Waals surface area contributed by atoms with Crippen LogP contribution in [-0.2, 0) is 16.0 Å². The number of rotatable bonds is 5. The molecule has 1 N–H and O–H groups in total. The minimum atomic E-state index is -0.503. The van der Waals surface area contributed by atoms with Gasteiger partial charge in [0.1, 0.15) is 11.8 Å². The van der Waals surface area contributed by atoms with E-state index in [1.165, 1.54) is 0 Å². The second-order valence-electron chi connectivity index (χ2n) is 8.82. The van der Waals surface area contributed by atoms with Crippen LogP contribution in [-0.4, -0.2) is 78.4 Å². The van der Waals surface area contributed by atoms with Gasteiger partial charge in [-0.3, -0.25) is 9.59 Å². The third-order valence-electron chi connectivity index (χ3n) is 6.59. The number of amides is 2.